The molecular formula is C19H20F3N3O2. The largest absolute Gasteiger partial charge is 0.467 e. The lowest BCUT2D eigenvalue weighted by Crippen LogP contribution is -2.29. The molecule has 1 aromatic heterocycles. The van der Waals surface area contributed by atoms with E-state index in [0.717, 1.165) is 23.7 Å². The fourth-order valence-corrected chi connectivity index (χ4v) is 2.93. The SMILES string of the molecule is Cc1cccc([C@@H]2C[C@H]2C(=O)NC(C)c2cnc(OCC(F)(F)F)cn2)c1. The number of aromatic nitrogens is 2. The quantitative estimate of drug-likeness (QED) is 0.831. The van der Waals surface area contributed by atoms with Crippen LogP contribution < -0.4 is 10.1 Å². The zero-order valence-electron chi connectivity index (χ0n) is 15.0. The lowest BCUT2D eigenvalue weighted by atomic mass is 10.1. The fraction of sp³-hybridized carbons (Fsp3) is 0.421. The summed E-state index contributed by atoms with van der Waals surface area (Å²) in [5, 5.41) is 2.89. The third-order valence-corrected chi connectivity index (χ3v) is 4.43. The minimum absolute atomic E-state index is 0.0618. The number of aryl methyl sites for hydroxylation is 1. The fourth-order valence-electron chi connectivity index (χ4n) is 2.93. The first-order chi connectivity index (χ1) is 12.7. The van der Waals surface area contributed by atoms with Crippen molar-refractivity contribution < 1.29 is 22.7 Å². The summed E-state index contributed by atoms with van der Waals surface area (Å²) in [4.78, 5) is 20.3. The molecule has 0 aliphatic heterocycles. The molecule has 0 bridgehead atoms. The van der Waals surface area contributed by atoms with Gasteiger partial charge < -0.3 is 10.1 Å². The standard InChI is InChI=1S/C19H20F3N3O2/c1-11-4-3-5-13(6-11)14-7-15(14)18(26)25-12(2)16-8-24-17(9-23-16)27-10-19(20,21)22/h3-6,8-9,12,14-15H,7,10H2,1-2H3,(H,25,26)/t12?,14-,15+/m0/s1. The highest BCUT2D eigenvalue weighted by Crippen LogP contribution is 2.47. The highest BCUT2D eigenvalue weighted by molar-refractivity contribution is 5.83. The van der Waals surface area contributed by atoms with Crippen molar-refractivity contribution in [3.8, 4) is 5.88 Å². The van der Waals surface area contributed by atoms with Gasteiger partial charge in [-0.05, 0) is 31.7 Å². The lowest BCUT2D eigenvalue weighted by molar-refractivity contribution is -0.154. The zero-order valence-corrected chi connectivity index (χ0v) is 15.0. The van der Waals surface area contributed by atoms with Crippen molar-refractivity contribution in [3.05, 3.63) is 53.5 Å². The van der Waals surface area contributed by atoms with Gasteiger partial charge in [-0.2, -0.15) is 13.2 Å². The van der Waals surface area contributed by atoms with Gasteiger partial charge in [-0.15, -0.1) is 0 Å². The summed E-state index contributed by atoms with van der Waals surface area (Å²) in [7, 11) is 0. The Balaban J connectivity index is 1.53. The van der Waals surface area contributed by atoms with E-state index in [1.54, 1.807) is 6.92 Å². The lowest BCUT2D eigenvalue weighted by Gasteiger charge is -2.14. The van der Waals surface area contributed by atoms with Crippen LogP contribution in [-0.2, 0) is 4.79 Å². The van der Waals surface area contributed by atoms with Gasteiger partial charge >= 0.3 is 6.18 Å². The minimum Gasteiger partial charge on any atom is -0.467 e. The Morgan fingerprint density at radius 2 is 2.11 bits per heavy atom. The van der Waals surface area contributed by atoms with E-state index in [1.807, 2.05) is 25.1 Å². The van der Waals surface area contributed by atoms with E-state index in [0.29, 0.717) is 5.69 Å². The number of rotatable bonds is 6. The van der Waals surface area contributed by atoms with Gasteiger partial charge in [0.2, 0.25) is 11.8 Å². The number of nitrogens with one attached hydrogen (secondary N) is 1. The molecule has 0 spiro atoms. The number of alkyl halides is 3. The van der Waals surface area contributed by atoms with Gasteiger partial charge in [-0.25, -0.2) is 4.98 Å². The number of carbonyl (C=O) groups is 1. The van der Waals surface area contributed by atoms with E-state index >= 15 is 0 Å². The second-order valence-electron chi connectivity index (χ2n) is 6.78. The normalized spacial score (nSPS) is 20.0. The van der Waals surface area contributed by atoms with Crippen molar-refractivity contribution in [2.75, 3.05) is 6.61 Å². The maximum absolute atomic E-state index is 12.4. The van der Waals surface area contributed by atoms with Crippen molar-refractivity contribution in [1.82, 2.24) is 15.3 Å². The molecule has 2 aromatic rings. The molecule has 27 heavy (non-hydrogen) atoms. The molecule has 144 valence electrons. The topological polar surface area (TPSA) is 64.1 Å². The average Bonchev–Trinajstić information content (AvgIpc) is 3.41. The zero-order chi connectivity index (χ0) is 19.6. The van der Waals surface area contributed by atoms with Gasteiger partial charge in [0.05, 0.1) is 24.1 Å². The third kappa shape index (κ3) is 5.18. The predicted molar refractivity (Wildman–Crippen MR) is 92.2 cm³/mol. The van der Waals surface area contributed by atoms with Gasteiger partial charge in [0.15, 0.2) is 6.61 Å². The molecule has 0 saturated heterocycles. The molecule has 1 fully saturated rings. The van der Waals surface area contributed by atoms with Crippen LogP contribution in [-0.4, -0.2) is 28.7 Å². The molecule has 3 atom stereocenters. The number of benzene rings is 1. The molecular weight excluding hydrogens is 359 g/mol. The second kappa shape index (κ2) is 7.54. The summed E-state index contributed by atoms with van der Waals surface area (Å²) in [5.41, 5.74) is 2.78. The number of hydrogen-bond donors (Lipinski definition) is 1. The molecule has 0 radical (unpaired) electrons. The summed E-state index contributed by atoms with van der Waals surface area (Å²) >= 11 is 0. The van der Waals surface area contributed by atoms with E-state index < -0.39 is 18.8 Å². The Morgan fingerprint density at radius 3 is 2.74 bits per heavy atom. The van der Waals surface area contributed by atoms with E-state index in [1.165, 1.54) is 6.20 Å². The van der Waals surface area contributed by atoms with E-state index in [9.17, 15) is 18.0 Å². The number of hydrogen-bond acceptors (Lipinski definition) is 4. The van der Waals surface area contributed by atoms with Gasteiger partial charge in [0.1, 0.15) is 0 Å². The molecule has 1 aliphatic carbocycles. The van der Waals surface area contributed by atoms with Crippen molar-refractivity contribution in [3.63, 3.8) is 0 Å². The third-order valence-electron chi connectivity index (χ3n) is 4.43. The van der Waals surface area contributed by atoms with Crippen LogP contribution in [0.25, 0.3) is 0 Å². The van der Waals surface area contributed by atoms with E-state index in [2.05, 4.69) is 26.1 Å². The molecule has 1 amide bonds. The van der Waals surface area contributed by atoms with Crippen molar-refractivity contribution >= 4 is 5.91 Å². The monoisotopic (exact) mass is 379 g/mol. The molecule has 1 aromatic carbocycles. The van der Waals surface area contributed by atoms with Gasteiger partial charge in [0.25, 0.3) is 0 Å². The Bertz CT molecular complexity index is 809. The summed E-state index contributed by atoms with van der Waals surface area (Å²) < 4.78 is 40.9. The number of nitrogens with zero attached hydrogens (tertiary/aromatic N) is 2. The van der Waals surface area contributed by atoms with E-state index in [-0.39, 0.29) is 23.6 Å². The number of amides is 1. The molecule has 8 heteroatoms. The summed E-state index contributed by atoms with van der Waals surface area (Å²) in [6, 6.07) is 7.72. The maximum atomic E-state index is 12.4. The van der Waals surface area contributed by atoms with Crippen LogP contribution in [0.3, 0.4) is 0 Å². The average molecular weight is 379 g/mol. The van der Waals surface area contributed by atoms with Crippen LogP contribution in [0.4, 0.5) is 13.2 Å². The molecule has 3 rings (SSSR count). The van der Waals surface area contributed by atoms with Crippen LogP contribution in [0.15, 0.2) is 36.7 Å². The Hall–Kier alpha value is -2.64. The molecule has 1 saturated carbocycles. The number of carbonyl (C=O) groups excluding carboxylic acids is 1. The van der Waals surface area contributed by atoms with Crippen molar-refractivity contribution in [2.45, 2.75) is 38.4 Å². The first-order valence-electron chi connectivity index (χ1n) is 8.61. The van der Waals surface area contributed by atoms with Gasteiger partial charge in [0, 0.05) is 5.92 Å². The highest BCUT2D eigenvalue weighted by Gasteiger charge is 2.44. The van der Waals surface area contributed by atoms with Crippen LogP contribution in [0, 0.1) is 12.8 Å². The number of halogens is 3. The van der Waals surface area contributed by atoms with Crippen LogP contribution in [0.1, 0.15) is 42.1 Å². The van der Waals surface area contributed by atoms with Crippen molar-refractivity contribution in [1.29, 1.82) is 0 Å². The summed E-state index contributed by atoms with van der Waals surface area (Å²) in [6.07, 6.45) is -1.20. The molecule has 1 unspecified atom stereocenters. The predicted octanol–water partition coefficient (Wildman–Crippen LogP) is 3.71. The first-order valence-corrected chi connectivity index (χ1v) is 8.61. The Kier molecular flexibility index (Phi) is 5.34. The van der Waals surface area contributed by atoms with Gasteiger partial charge in [-0.3, -0.25) is 9.78 Å². The first kappa shape index (κ1) is 19.1. The highest BCUT2D eigenvalue weighted by atomic mass is 19.4. The smallest absolute Gasteiger partial charge is 0.422 e. The molecule has 1 heterocycles. The molecule has 5 nitrogen and oxygen atoms in total. The Labute approximate surface area is 155 Å². The Morgan fingerprint density at radius 1 is 1.33 bits per heavy atom. The molecule has 1 aliphatic rings. The maximum Gasteiger partial charge on any atom is 0.422 e. The second-order valence-corrected chi connectivity index (χ2v) is 6.78. The minimum atomic E-state index is -4.43. The van der Waals surface area contributed by atoms with Crippen LogP contribution in [0.2, 0.25) is 0 Å². The van der Waals surface area contributed by atoms with Crippen LogP contribution in [0.5, 0.6) is 5.88 Å². The summed E-state index contributed by atoms with van der Waals surface area (Å²) in [5.74, 6) is -0.123. The van der Waals surface area contributed by atoms with Gasteiger partial charge in [-0.1, -0.05) is 29.8 Å². The number of ether oxygens (including phenoxy) is 1. The van der Waals surface area contributed by atoms with Crippen LogP contribution >= 0.6 is 0 Å². The summed E-state index contributed by atoms with van der Waals surface area (Å²) in [6.45, 7) is 2.35. The van der Waals surface area contributed by atoms with E-state index in [4.69, 9.17) is 0 Å². The van der Waals surface area contributed by atoms with Crippen molar-refractivity contribution in [2.24, 2.45) is 5.92 Å². The molecule has 1 N–H and O–H groups in total.